The second-order valence-electron chi connectivity index (χ2n) is 6.41. The topological polar surface area (TPSA) is 95.8 Å². The Balaban J connectivity index is 1.70. The molecule has 4 N–H and O–H groups in total. The first-order valence-corrected chi connectivity index (χ1v) is 8.20. The fourth-order valence-electron chi connectivity index (χ4n) is 3.15. The smallest absolute Gasteiger partial charge is 0.201 e. The van der Waals surface area contributed by atoms with Crippen molar-refractivity contribution in [2.24, 2.45) is 0 Å². The van der Waals surface area contributed by atoms with Gasteiger partial charge in [-0.25, -0.2) is 4.98 Å². The number of aromatic hydroxyl groups is 3. The highest BCUT2D eigenvalue weighted by atomic mass is 16.3. The molecule has 2 aromatic carbocycles. The normalized spacial score (nSPS) is 15.8. The van der Waals surface area contributed by atoms with E-state index in [9.17, 15) is 15.3 Å². The van der Waals surface area contributed by atoms with Gasteiger partial charge in [0.1, 0.15) is 5.82 Å². The summed E-state index contributed by atoms with van der Waals surface area (Å²) in [6.07, 6.45) is 0. The maximum absolute atomic E-state index is 10.1. The van der Waals surface area contributed by atoms with Gasteiger partial charge in [0, 0.05) is 31.9 Å². The molecule has 3 aromatic rings. The van der Waals surface area contributed by atoms with Crippen LogP contribution in [0.4, 0.5) is 5.69 Å². The van der Waals surface area contributed by atoms with Gasteiger partial charge in [-0.3, -0.25) is 0 Å². The van der Waals surface area contributed by atoms with Crippen molar-refractivity contribution in [1.29, 1.82) is 0 Å². The maximum atomic E-state index is 10.1. The summed E-state index contributed by atoms with van der Waals surface area (Å²) in [5.74, 6) is -0.859. The van der Waals surface area contributed by atoms with E-state index in [2.05, 4.69) is 32.9 Å². The molecule has 0 unspecified atom stereocenters. The number of hydrogen-bond donors (Lipinski definition) is 4. The summed E-state index contributed by atoms with van der Waals surface area (Å²) in [6.45, 7) is 4.03. The second kappa shape index (κ2) is 5.86. The first-order chi connectivity index (χ1) is 12.0. The first-order valence-electron chi connectivity index (χ1n) is 8.20. The number of aromatic nitrogens is 2. The number of benzene rings is 2. The molecule has 1 saturated heterocycles. The summed E-state index contributed by atoms with van der Waals surface area (Å²) >= 11 is 0. The zero-order valence-electron chi connectivity index (χ0n) is 13.9. The van der Waals surface area contributed by atoms with E-state index >= 15 is 0 Å². The lowest BCUT2D eigenvalue weighted by Gasteiger charge is -2.34. The molecule has 4 rings (SSSR count). The molecular weight excluding hydrogens is 320 g/mol. The van der Waals surface area contributed by atoms with Crippen molar-refractivity contribution in [2.45, 2.75) is 0 Å². The average molecular weight is 340 g/mol. The largest absolute Gasteiger partial charge is 0.504 e. The van der Waals surface area contributed by atoms with Crippen LogP contribution >= 0.6 is 0 Å². The van der Waals surface area contributed by atoms with E-state index in [-0.39, 0.29) is 5.75 Å². The molecule has 0 aliphatic carbocycles. The van der Waals surface area contributed by atoms with Crippen LogP contribution in [0.5, 0.6) is 17.2 Å². The fourth-order valence-corrected chi connectivity index (χ4v) is 3.15. The van der Waals surface area contributed by atoms with Crippen LogP contribution < -0.4 is 4.90 Å². The van der Waals surface area contributed by atoms with Gasteiger partial charge in [-0.05, 0) is 37.4 Å². The fraction of sp³-hybridized carbons (Fsp3) is 0.278. The molecule has 0 saturated carbocycles. The van der Waals surface area contributed by atoms with E-state index < -0.39 is 11.5 Å². The van der Waals surface area contributed by atoms with Crippen LogP contribution in [0.15, 0.2) is 30.3 Å². The Kier molecular flexibility index (Phi) is 3.65. The van der Waals surface area contributed by atoms with Crippen molar-refractivity contribution >= 4 is 16.7 Å². The zero-order chi connectivity index (χ0) is 17.6. The quantitative estimate of drug-likeness (QED) is 0.534. The van der Waals surface area contributed by atoms with Gasteiger partial charge in [0.2, 0.25) is 5.75 Å². The van der Waals surface area contributed by atoms with E-state index in [4.69, 9.17) is 0 Å². The molecule has 1 aromatic heterocycles. The van der Waals surface area contributed by atoms with E-state index in [1.807, 2.05) is 12.1 Å². The summed E-state index contributed by atoms with van der Waals surface area (Å²) in [6, 6.07) is 8.89. The minimum atomic E-state index is -0.545. The minimum absolute atomic E-state index is 0.340. The molecule has 0 radical (unpaired) electrons. The van der Waals surface area contributed by atoms with Gasteiger partial charge in [-0.15, -0.1) is 0 Å². The van der Waals surface area contributed by atoms with Crippen LogP contribution in [0.1, 0.15) is 0 Å². The Morgan fingerprint density at radius 2 is 1.72 bits per heavy atom. The van der Waals surface area contributed by atoms with Crippen LogP contribution in [-0.4, -0.2) is 63.4 Å². The van der Waals surface area contributed by atoms with E-state index in [0.29, 0.717) is 11.4 Å². The van der Waals surface area contributed by atoms with Gasteiger partial charge < -0.3 is 30.1 Å². The number of piperazine rings is 1. The average Bonchev–Trinajstić information content (AvgIpc) is 3.03. The number of H-pyrrole nitrogens is 1. The van der Waals surface area contributed by atoms with Crippen LogP contribution in [0.25, 0.3) is 22.4 Å². The maximum Gasteiger partial charge on any atom is 0.201 e. The number of aromatic amines is 1. The van der Waals surface area contributed by atoms with Crippen molar-refractivity contribution in [3.63, 3.8) is 0 Å². The van der Waals surface area contributed by atoms with Gasteiger partial charge in [0.05, 0.1) is 16.6 Å². The minimum Gasteiger partial charge on any atom is -0.504 e. The monoisotopic (exact) mass is 340 g/mol. The predicted octanol–water partition coefficient (Wildman–Crippen LogP) is 2.10. The lowest BCUT2D eigenvalue weighted by atomic mass is 10.1. The first kappa shape index (κ1) is 15.6. The molecule has 0 spiro atoms. The summed E-state index contributed by atoms with van der Waals surface area (Å²) in [4.78, 5) is 12.3. The number of hydrogen-bond acceptors (Lipinski definition) is 6. The SMILES string of the molecule is CN1CCN(c2ccc3nc(-c4ccc(O)c(O)c4O)[nH]c3c2)CC1. The van der Waals surface area contributed by atoms with Crippen LogP contribution in [0.3, 0.4) is 0 Å². The third-order valence-electron chi connectivity index (χ3n) is 4.72. The summed E-state index contributed by atoms with van der Waals surface area (Å²) in [5.41, 5.74) is 3.11. The standard InChI is InChI=1S/C18H20N4O3/c1-21-6-8-22(9-7-21)11-2-4-13-14(10-11)20-18(19-13)12-3-5-15(23)17(25)16(12)24/h2-5,10,23-25H,6-9H2,1H3,(H,19,20). The number of phenols is 3. The molecule has 25 heavy (non-hydrogen) atoms. The van der Waals surface area contributed by atoms with Gasteiger partial charge in [0.15, 0.2) is 11.5 Å². The lowest BCUT2D eigenvalue weighted by molar-refractivity contribution is 0.313. The van der Waals surface area contributed by atoms with Gasteiger partial charge >= 0.3 is 0 Å². The number of likely N-dealkylation sites (N-methyl/N-ethyl adjacent to an activating group) is 1. The summed E-state index contributed by atoms with van der Waals surface area (Å²) in [5, 5.41) is 29.2. The van der Waals surface area contributed by atoms with Crippen LogP contribution in [0.2, 0.25) is 0 Å². The molecule has 0 bridgehead atoms. The highest BCUT2D eigenvalue weighted by molar-refractivity contribution is 5.84. The lowest BCUT2D eigenvalue weighted by Crippen LogP contribution is -2.44. The molecule has 7 nitrogen and oxygen atoms in total. The van der Waals surface area contributed by atoms with Crippen molar-refractivity contribution in [3.8, 4) is 28.6 Å². The summed E-state index contributed by atoms with van der Waals surface area (Å²) in [7, 11) is 2.13. The molecule has 1 aliphatic rings. The third kappa shape index (κ3) is 2.72. The molecule has 0 amide bonds. The molecule has 1 aliphatic heterocycles. The predicted molar refractivity (Wildman–Crippen MR) is 96.2 cm³/mol. The summed E-state index contributed by atoms with van der Waals surface area (Å²) < 4.78 is 0. The number of rotatable bonds is 2. The Bertz CT molecular complexity index is 929. The van der Waals surface area contributed by atoms with Gasteiger partial charge in [-0.1, -0.05) is 0 Å². The number of fused-ring (bicyclic) bond motifs is 1. The molecule has 2 heterocycles. The molecule has 0 atom stereocenters. The van der Waals surface area contributed by atoms with E-state index in [1.54, 1.807) is 0 Å². The highest BCUT2D eigenvalue weighted by Crippen LogP contribution is 2.41. The number of phenolic OH excluding ortho intramolecular Hbond substituents is 3. The molecular formula is C18H20N4O3. The number of nitrogens with one attached hydrogen (secondary N) is 1. The van der Waals surface area contributed by atoms with E-state index in [1.165, 1.54) is 12.1 Å². The Morgan fingerprint density at radius 1 is 0.960 bits per heavy atom. The molecule has 130 valence electrons. The Morgan fingerprint density at radius 3 is 2.48 bits per heavy atom. The van der Waals surface area contributed by atoms with Crippen LogP contribution in [0, 0.1) is 0 Å². The molecule has 7 heteroatoms. The number of imidazole rings is 1. The Hall–Kier alpha value is -2.93. The van der Waals surface area contributed by atoms with Crippen molar-refractivity contribution < 1.29 is 15.3 Å². The number of anilines is 1. The van der Waals surface area contributed by atoms with Gasteiger partial charge in [-0.2, -0.15) is 0 Å². The highest BCUT2D eigenvalue weighted by Gasteiger charge is 2.17. The third-order valence-corrected chi connectivity index (χ3v) is 4.72. The zero-order valence-corrected chi connectivity index (χ0v) is 13.9. The van der Waals surface area contributed by atoms with Crippen molar-refractivity contribution in [1.82, 2.24) is 14.9 Å². The Labute approximate surface area is 144 Å². The van der Waals surface area contributed by atoms with E-state index in [0.717, 1.165) is 42.9 Å². The van der Waals surface area contributed by atoms with Gasteiger partial charge in [0.25, 0.3) is 0 Å². The molecule has 1 fully saturated rings. The van der Waals surface area contributed by atoms with Crippen LogP contribution in [-0.2, 0) is 0 Å². The number of nitrogens with zero attached hydrogens (tertiary/aromatic N) is 3. The second-order valence-corrected chi connectivity index (χ2v) is 6.41. The van der Waals surface area contributed by atoms with Crippen molar-refractivity contribution in [3.05, 3.63) is 30.3 Å². The van der Waals surface area contributed by atoms with Crippen molar-refractivity contribution in [2.75, 3.05) is 38.1 Å².